The van der Waals surface area contributed by atoms with E-state index in [0.29, 0.717) is 34.5 Å². The molecule has 0 unspecified atom stereocenters. The molecule has 2 fully saturated rings. The number of carbonyl (C=O) groups excluding carboxylic acids is 2. The molecule has 2 bridgehead atoms. The Kier molecular flexibility index (Phi) is 5.22. The van der Waals surface area contributed by atoms with Crippen LogP contribution in [-0.4, -0.2) is 51.4 Å². The Hall–Kier alpha value is -3.23. The molecule has 0 aliphatic carbocycles. The Labute approximate surface area is 196 Å². The van der Waals surface area contributed by atoms with Gasteiger partial charge in [-0.2, -0.15) is 0 Å². The van der Waals surface area contributed by atoms with Gasteiger partial charge in [-0.1, -0.05) is 23.8 Å². The lowest BCUT2D eigenvalue weighted by molar-refractivity contribution is -0.128. The monoisotopic (exact) mass is 470 g/mol. The van der Waals surface area contributed by atoms with Crippen LogP contribution in [0.1, 0.15) is 0 Å². The minimum Gasteiger partial charge on any atom is -0.493 e. The maximum Gasteiger partial charge on any atom is 0.234 e. The van der Waals surface area contributed by atoms with Crippen LogP contribution in [0.5, 0.6) is 17.2 Å². The molecule has 2 aromatic carbocycles. The lowest BCUT2D eigenvalue weighted by atomic mass is 9.77. The first-order valence-electron chi connectivity index (χ1n) is 10.5. The van der Waals surface area contributed by atoms with Gasteiger partial charge in [-0.15, -0.1) is 0 Å². The van der Waals surface area contributed by atoms with Crippen molar-refractivity contribution >= 4 is 34.8 Å². The highest BCUT2D eigenvalue weighted by atomic mass is 35.5. The number of fused-ring (bicyclic) bond motifs is 1. The van der Waals surface area contributed by atoms with Gasteiger partial charge in [0.2, 0.25) is 17.6 Å². The SMILES string of the molecule is COc1cc(NC(=O)[C@@H]2[C@H]3C(=O)N(c4ccc(Cl)cc4)C[C@@]34C=C[C@H]2O4)cc(OC)c1OC. The fourth-order valence-electron chi connectivity index (χ4n) is 5.02. The van der Waals surface area contributed by atoms with Crippen LogP contribution >= 0.6 is 11.6 Å². The summed E-state index contributed by atoms with van der Waals surface area (Å²) in [5.74, 6) is -0.486. The van der Waals surface area contributed by atoms with Crippen LogP contribution in [0.2, 0.25) is 5.02 Å². The van der Waals surface area contributed by atoms with Crippen LogP contribution in [0.4, 0.5) is 11.4 Å². The molecule has 3 heterocycles. The summed E-state index contributed by atoms with van der Waals surface area (Å²) >= 11 is 6.00. The van der Waals surface area contributed by atoms with Crippen molar-refractivity contribution in [2.45, 2.75) is 11.7 Å². The van der Waals surface area contributed by atoms with Gasteiger partial charge >= 0.3 is 0 Å². The van der Waals surface area contributed by atoms with E-state index in [1.54, 1.807) is 41.3 Å². The molecule has 1 spiro atoms. The number of nitrogens with zero attached hydrogens (tertiary/aromatic N) is 1. The molecule has 4 atom stereocenters. The van der Waals surface area contributed by atoms with Crippen molar-refractivity contribution in [1.82, 2.24) is 0 Å². The highest BCUT2D eigenvalue weighted by Crippen LogP contribution is 2.53. The van der Waals surface area contributed by atoms with Crippen molar-refractivity contribution in [1.29, 1.82) is 0 Å². The quantitative estimate of drug-likeness (QED) is 0.652. The standard InChI is InChI=1S/C24H23ClN2O6/c1-30-17-10-14(11-18(31-2)21(17)32-3)26-22(28)19-16-8-9-24(33-16)12-27(23(29)20(19)24)15-6-4-13(25)5-7-15/h4-11,16,19-20H,12H2,1-3H3,(H,26,28)/t16-,19+,20+,24+/m1/s1. The summed E-state index contributed by atoms with van der Waals surface area (Å²) < 4.78 is 22.3. The van der Waals surface area contributed by atoms with E-state index >= 15 is 0 Å². The average Bonchev–Trinajstić information content (AvgIpc) is 3.47. The first kappa shape index (κ1) is 21.6. The molecule has 0 aromatic heterocycles. The van der Waals surface area contributed by atoms with Crippen LogP contribution in [-0.2, 0) is 14.3 Å². The fraction of sp³-hybridized carbons (Fsp3) is 0.333. The summed E-state index contributed by atoms with van der Waals surface area (Å²) in [4.78, 5) is 28.5. The number of ether oxygens (including phenoxy) is 4. The van der Waals surface area contributed by atoms with Crippen LogP contribution in [0.3, 0.4) is 0 Å². The van der Waals surface area contributed by atoms with Crippen LogP contribution in [0.15, 0.2) is 48.6 Å². The highest BCUT2D eigenvalue weighted by Gasteiger charge is 2.67. The number of carbonyl (C=O) groups is 2. The summed E-state index contributed by atoms with van der Waals surface area (Å²) in [6, 6.07) is 10.3. The Balaban J connectivity index is 1.43. The molecule has 1 N–H and O–H groups in total. The predicted octanol–water partition coefficient (Wildman–Crippen LogP) is 3.29. The number of halogens is 1. The smallest absolute Gasteiger partial charge is 0.234 e. The Morgan fingerprint density at radius 2 is 1.79 bits per heavy atom. The van der Waals surface area contributed by atoms with E-state index in [9.17, 15) is 9.59 Å². The summed E-state index contributed by atoms with van der Waals surface area (Å²) in [5.41, 5.74) is 0.367. The van der Waals surface area contributed by atoms with E-state index in [-0.39, 0.29) is 11.8 Å². The number of hydrogen-bond acceptors (Lipinski definition) is 6. The van der Waals surface area contributed by atoms with Crippen LogP contribution < -0.4 is 24.4 Å². The molecular weight excluding hydrogens is 448 g/mol. The van der Waals surface area contributed by atoms with E-state index in [1.165, 1.54) is 21.3 Å². The zero-order valence-electron chi connectivity index (χ0n) is 18.3. The maximum atomic E-state index is 13.5. The molecule has 9 heteroatoms. The van der Waals surface area contributed by atoms with Crippen molar-refractivity contribution in [2.75, 3.05) is 38.1 Å². The van der Waals surface area contributed by atoms with E-state index in [1.807, 2.05) is 12.2 Å². The fourth-order valence-corrected chi connectivity index (χ4v) is 5.14. The summed E-state index contributed by atoms with van der Waals surface area (Å²) in [6.07, 6.45) is 3.32. The number of benzene rings is 2. The van der Waals surface area contributed by atoms with Gasteiger partial charge in [-0.05, 0) is 24.3 Å². The third-order valence-corrected chi connectivity index (χ3v) is 6.73. The average molecular weight is 471 g/mol. The second-order valence-electron chi connectivity index (χ2n) is 8.20. The number of rotatable bonds is 6. The molecule has 2 amide bonds. The summed E-state index contributed by atoms with van der Waals surface area (Å²) in [6.45, 7) is 0.346. The molecule has 2 aromatic rings. The first-order valence-corrected chi connectivity index (χ1v) is 10.8. The zero-order chi connectivity index (χ0) is 23.3. The van der Waals surface area contributed by atoms with Gasteiger partial charge in [0.05, 0.1) is 45.8 Å². The molecule has 8 nitrogen and oxygen atoms in total. The zero-order valence-corrected chi connectivity index (χ0v) is 19.1. The van der Waals surface area contributed by atoms with Crippen molar-refractivity contribution in [2.24, 2.45) is 11.8 Å². The first-order chi connectivity index (χ1) is 15.9. The third-order valence-electron chi connectivity index (χ3n) is 6.47. The van der Waals surface area contributed by atoms with Crippen LogP contribution in [0, 0.1) is 11.8 Å². The van der Waals surface area contributed by atoms with Gasteiger partial charge in [0, 0.05) is 28.5 Å². The molecule has 3 aliphatic rings. The Bertz CT molecular complexity index is 1130. The molecule has 0 saturated carbocycles. The normalized spacial score (nSPS) is 27.0. The molecule has 2 saturated heterocycles. The van der Waals surface area contributed by atoms with Gasteiger partial charge < -0.3 is 29.2 Å². The second kappa shape index (κ2) is 7.97. The van der Waals surface area contributed by atoms with Crippen molar-refractivity contribution < 1.29 is 28.5 Å². The number of amides is 2. The third kappa shape index (κ3) is 3.32. The van der Waals surface area contributed by atoms with Gasteiger partial charge in [0.15, 0.2) is 11.5 Å². The van der Waals surface area contributed by atoms with E-state index in [4.69, 9.17) is 30.5 Å². The highest BCUT2D eigenvalue weighted by molar-refractivity contribution is 6.30. The molecule has 33 heavy (non-hydrogen) atoms. The van der Waals surface area contributed by atoms with Gasteiger partial charge in [-0.25, -0.2) is 0 Å². The largest absolute Gasteiger partial charge is 0.493 e. The van der Waals surface area contributed by atoms with Crippen molar-refractivity contribution in [3.8, 4) is 17.2 Å². The second-order valence-corrected chi connectivity index (χ2v) is 8.64. The predicted molar refractivity (Wildman–Crippen MR) is 122 cm³/mol. The number of hydrogen-bond donors (Lipinski definition) is 1. The lowest BCUT2D eigenvalue weighted by Gasteiger charge is -2.24. The van der Waals surface area contributed by atoms with Gasteiger partial charge in [0.1, 0.15) is 5.60 Å². The Morgan fingerprint density at radius 3 is 2.39 bits per heavy atom. The van der Waals surface area contributed by atoms with E-state index in [0.717, 1.165) is 5.69 Å². The number of anilines is 2. The van der Waals surface area contributed by atoms with Gasteiger partial charge in [0.25, 0.3) is 0 Å². The minimum absolute atomic E-state index is 0.144. The number of methoxy groups -OCH3 is 3. The molecular formula is C24H23ClN2O6. The molecule has 0 radical (unpaired) electrons. The van der Waals surface area contributed by atoms with E-state index < -0.39 is 23.5 Å². The molecule has 5 rings (SSSR count). The Morgan fingerprint density at radius 1 is 1.12 bits per heavy atom. The summed E-state index contributed by atoms with van der Waals surface area (Å²) in [5, 5.41) is 3.49. The van der Waals surface area contributed by atoms with Crippen molar-refractivity contribution in [3.63, 3.8) is 0 Å². The maximum absolute atomic E-state index is 13.5. The lowest BCUT2D eigenvalue weighted by Crippen LogP contribution is -2.41. The summed E-state index contributed by atoms with van der Waals surface area (Å²) in [7, 11) is 4.52. The van der Waals surface area contributed by atoms with Crippen molar-refractivity contribution in [3.05, 3.63) is 53.6 Å². The van der Waals surface area contributed by atoms with Crippen LogP contribution in [0.25, 0.3) is 0 Å². The molecule has 3 aliphatic heterocycles. The molecule has 172 valence electrons. The van der Waals surface area contributed by atoms with Gasteiger partial charge in [-0.3, -0.25) is 9.59 Å². The number of nitrogens with one attached hydrogen (secondary N) is 1. The minimum atomic E-state index is -0.821. The topological polar surface area (TPSA) is 86.3 Å². The van der Waals surface area contributed by atoms with E-state index in [2.05, 4.69) is 5.32 Å².